The van der Waals surface area contributed by atoms with Crippen LogP contribution in [0, 0.1) is 0 Å². The number of benzene rings is 3. The molecule has 0 atom stereocenters. The molecule has 3 aromatic carbocycles. The normalized spacial score (nSPS) is 14.7. The molecule has 1 aliphatic rings. The summed E-state index contributed by atoms with van der Waals surface area (Å²) in [5.74, 6) is 0.477. The summed E-state index contributed by atoms with van der Waals surface area (Å²) >= 11 is 0. The van der Waals surface area contributed by atoms with Gasteiger partial charge in [-0.15, -0.1) is 0 Å². The van der Waals surface area contributed by atoms with E-state index in [2.05, 4.69) is 5.43 Å². The fourth-order valence-electron chi connectivity index (χ4n) is 3.03. The average Bonchev–Trinajstić information content (AvgIpc) is 3.07. The lowest BCUT2D eigenvalue weighted by atomic mass is 10.1. The lowest BCUT2D eigenvalue weighted by molar-refractivity contribution is -0.117. The molecule has 150 valence electrons. The first kappa shape index (κ1) is 19.3. The van der Waals surface area contributed by atoms with Crippen LogP contribution in [0.2, 0.25) is 0 Å². The number of hydrazine groups is 1. The van der Waals surface area contributed by atoms with Crippen LogP contribution in [0.1, 0.15) is 5.56 Å². The molecule has 1 fully saturated rings. The molecule has 3 aromatic rings. The predicted molar refractivity (Wildman–Crippen MR) is 114 cm³/mol. The molecule has 0 saturated carbocycles. The molecule has 1 N–H and O–H groups in total. The van der Waals surface area contributed by atoms with E-state index in [4.69, 9.17) is 9.47 Å². The van der Waals surface area contributed by atoms with Gasteiger partial charge in [-0.3, -0.25) is 15.0 Å². The Kier molecular flexibility index (Phi) is 5.75. The zero-order valence-corrected chi connectivity index (χ0v) is 16.2. The van der Waals surface area contributed by atoms with Gasteiger partial charge >= 0.3 is 0 Å². The van der Waals surface area contributed by atoms with E-state index in [-0.39, 0.29) is 5.57 Å². The van der Waals surface area contributed by atoms with E-state index in [0.29, 0.717) is 30.2 Å². The van der Waals surface area contributed by atoms with Crippen LogP contribution < -0.4 is 19.9 Å². The highest BCUT2D eigenvalue weighted by molar-refractivity contribution is 6.31. The van der Waals surface area contributed by atoms with Gasteiger partial charge in [-0.05, 0) is 36.4 Å². The monoisotopic (exact) mass is 400 g/mol. The molecule has 0 aliphatic carbocycles. The van der Waals surface area contributed by atoms with E-state index in [1.165, 1.54) is 5.01 Å². The number of carbonyl (C=O) groups excluding carboxylic acids is 2. The Hall–Kier alpha value is -4.06. The van der Waals surface area contributed by atoms with Gasteiger partial charge in [0.05, 0.1) is 5.69 Å². The van der Waals surface area contributed by atoms with Crippen molar-refractivity contribution in [2.75, 3.05) is 18.2 Å². The van der Waals surface area contributed by atoms with E-state index >= 15 is 0 Å². The molecule has 0 bridgehead atoms. The molecule has 6 nitrogen and oxygen atoms in total. The summed E-state index contributed by atoms with van der Waals surface area (Å²) in [5.41, 5.74) is 3.89. The molecule has 4 rings (SSSR count). The summed E-state index contributed by atoms with van der Waals surface area (Å²) in [6, 6.07) is 25.7. The van der Waals surface area contributed by atoms with Crippen LogP contribution in [0.3, 0.4) is 0 Å². The van der Waals surface area contributed by atoms with Crippen molar-refractivity contribution < 1.29 is 19.1 Å². The quantitative estimate of drug-likeness (QED) is 0.374. The van der Waals surface area contributed by atoms with Gasteiger partial charge in [-0.1, -0.05) is 54.6 Å². The van der Waals surface area contributed by atoms with Crippen LogP contribution in [0.4, 0.5) is 5.69 Å². The molecule has 30 heavy (non-hydrogen) atoms. The van der Waals surface area contributed by atoms with Crippen molar-refractivity contribution in [2.45, 2.75) is 0 Å². The number of ether oxygens (including phenoxy) is 2. The Balaban J connectivity index is 1.46. The maximum Gasteiger partial charge on any atom is 0.282 e. The van der Waals surface area contributed by atoms with Crippen LogP contribution in [-0.4, -0.2) is 25.0 Å². The Morgan fingerprint density at radius 3 is 2.17 bits per heavy atom. The van der Waals surface area contributed by atoms with E-state index in [1.54, 1.807) is 42.5 Å². The summed E-state index contributed by atoms with van der Waals surface area (Å²) in [4.78, 5) is 25.2. The zero-order chi connectivity index (χ0) is 20.8. The molecule has 0 radical (unpaired) electrons. The van der Waals surface area contributed by atoms with Crippen LogP contribution in [0.25, 0.3) is 6.08 Å². The van der Waals surface area contributed by atoms with Crippen molar-refractivity contribution >= 4 is 23.6 Å². The highest BCUT2D eigenvalue weighted by Gasteiger charge is 2.34. The second-order valence-electron chi connectivity index (χ2n) is 6.52. The van der Waals surface area contributed by atoms with Crippen molar-refractivity contribution in [3.05, 3.63) is 96.1 Å². The first-order valence-corrected chi connectivity index (χ1v) is 9.54. The summed E-state index contributed by atoms with van der Waals surface area (Å²) in [6.07, 6.45) is 1.55. The van der Waals surface area contributed by atoms with E-state index in [9.17, 15) is 9.59 Å². The van der Waals surface area contributed by atoms with Crippen LogP contribution >= 0.6 is 0 Å². The Morgan fingerprint density at radius 1 is 0.767 bits per heavy atom. The van der Waals surface area contributed by atoms with Gasteiger partial charge in [0, 0.05) is 5.56 Å². The van der Waals surface area contributed by atoms with Crippen molar-refractivity contribution in [1.82, 2.24) is 5.43 Å². The molecule has 1 aliphatic heterocycles. The standard InChI is InChI=1S/C24H20N2O4/c27-23-21(24(28)26(25-23)19-10-3-1-4-11-19)17-18-9-7-8-14-22(18)30-16-15-29-20-12-5-2-6-13-20/h1-14,17H,15-16H2,(H,25,27)/b21-17-. The third-order valence-electron chi connectivity index (χ3n) is 4.48. The SMILES string of the molecule is O=C1NN(c2ccccc2)C(=O)/C1=C\c1ccccc1OCCOc1ccccc1. The maximum absolute atomic E-state index is 12.8. The molecule has 2 amide bonds. The smallest absolute Gasteiger partial charge is 0.282 e. The highest BCUT2D eigenvalue weighted by Crippen LogP contribution is 2.25. The molecule has 6 heteroatoms. The molecule has 0 aromatic heterocycles. The lowest BCUT2D eigenvalue weighted by Crippen LogP contribution is -2.35. The Labute approximate surface area is 174 Å². The summed E-state index contributed by atoms with van der Waals surface area (Å²) < 4.78 is 11.5. The van der Waals surface area contributed by atoms with Crippen LogP contribution in [0.15, 0.2) is 90.5 Å². The number of nitrogens with one attached hydrogen (secondary N) is 1. The molecular weight excluding hydrogens is 380 g/mol. The molecule has 0 spiro atoms. The summed E-state index contributed by atoms with van der Waals surface area (Å²) in [7, 11) is 0. The molecule has 1 heterocycles. The number of para-hydroxylation sites is 3. The van der Waals surface area contributed by atoms with Crippen molar-refractivity contribution in [3.8, 4) is 11.5 Å². The largest absolute Gasteiger partial charge is 0.490 e. The van der Waals surface area contributed by atoms with Gasteiger partial charge < -0.3 is 9.47 Å². The molecule has 1 saturated heterocycles. The van der Waals surface area contributed by atoms with Gasteiger partial charge in [0.15, 0.2) is 0 Å². The number of carbonyl (C=O) groups is 2. The maximum atomic E-state index is 12.8. The fraction of sp³-hybridized carbons (Fsp3) is 0.0833. The summed E-state index contributed by atoms with van der Waals surface area (Å²) in [5, 5.41) is 1.24. The Bertz CT molecular complexity index is 1060. The van der Waals surface area contributed by atoms with E-state index in [1.807, 2.05) is 48.5 Å². The van der Waals surface area contributed by atoms with Gasteiger partial charge in [0.1, 0.15) is 30.3 Å². The lowest BCUT2D eigenvalue weighted by Gasteiger charge is -2.14. The topological polar surface area (TPSA) is 67.9 Å². The van der Waals surface area contributed by atoms with Gasteiger partial charge in [-0.25, -0.2) is 5.01 Å². The predicted octanol–water partition coefficient (Wildman–Crippen LogP) is 3.61. The van der Waals surface area contributed by atoms with E-state index in [0.717, 1.165) is 5.75 Å². The third kappa shape index (κ3) is 4.33. The van der Waals surface area contributed by atoms with E-state index < -0.39 is 11.8 Å². The molecular formula is C24H20N2O4. The number of hydrogen-bond donors (Lipinski definition) is 1. The first-order valence-electron chi connectivity index (χ1n) is 9.54. The van der Waals surface area contributed by atoms with Gasteiger partial charge in [-0.2, -0.15) is 0 Å². The minimum absolute atomic E-state index is 0.0513. The second kappa shape index (κ2) is 8.96. The summed E-state index contributed by atoms with van der Waals surface area (Å²) in [6.45, 7) is 0.696. The number of nitrogens with zero attached hydrogens (tertiary/aromatic N) is 1. The van der Waals surface area contributed by atoms with Crippen molar-refractivity contribution in [1.29, 1.82) is 0 Å². The Morgan fingerprint density at radius 2 is 1.40 bits per heavy atom. The highest BCUT2D eigenvalue weighted by atomic mass is 16.5. The fourth-order valence-corrected chi connectivity index (χ4v) is 3.03. The van der Waals surface area contributed by atoms with Gasteiger partial charge in [0.25, 0.3) is 11.8 Å². The van der Waals surface area contributed by atoms with Crippen LogP contribution in [-0.2, 0) is 9.59 Å². The number of anilines is 1. The van der Waals surface area contributed by atoms with Crippen molar-refractivity contribution in [3.63, 3.8) is 0 Å². The minimum atomic E-state index is -0.453. The number of rotatable bonds is 7. The number of amides is 2. The zero-order valence-electron chi connectivity index (χ0n) is 16.2. The van der Waals surface area contributed by atoms with Gasteiger partial charge in [0.2, 0.25) is 0 Å². The third-order valence-corrected chi connectivity index (χ3v) is 4.48. The molecule has 0 unspecified atom stereocenters. The van der Waals surface area contributed by atoms with Crippen LogP contribution in [0.5, 0.6) is 11.5 Å². The first-order chi connectivity index (χ1) is 14.7. The minimum Gasteiger partial charge on any atom is -0.490 e. The second-order valence-corrected chi connectivity index (χ2v) is 6.52. The van der Waals surface area contributed by atoms with Crippen molar-refractivity contribution in [2.24, 2.45) is 0 Å². The number of hydrogen-bond acceptors (Lipinski definition) is 4. The average molecular weight is 400 g/mol.